The first kappa shape index (κ1) is 14.8. The predicted octanol–water partition coefficient (Wildman–Crippen LogP) is 4.26. The molecular formula is C21H27NO2. The molecule has 2 N–H and O–H groups in total. The summed E-state index contributed by atoms with van der Waals surface area (Å²) >= 11 is 0. The lowest BCUT2D eigenvalue weighted by atomic mass is 9.50. The van der Waals surface area contributed by atoms with Crippen molar-refractivity contribution in [3.05, 3.63) is 29.3 Å². The monoisotopic (exact) mass is 325 g/mol. The van der Waals surface area contributed by atoms with Gasteiger partial charge < -0.3 is 10.5 Å². The summed E-state index contributed by atoms with van der Waals surface area (Å²) in [6.45, 7) is 0.867. The van der Waals surface area contributed by atoms with Crippen molar-refractivity contribution in [2.45, 2.75) is 57.3 Å². The summed E-state index contributed by atoms with van der Waals surface area (Å²) in [5.74, 6) is 4.10. The van der Waals surface area contributed by atoms with Crippen LogP contribution in [0, 0.1) is 23.2 Å². The van der Waals surface area contributed by atoms with Gasteiger partial charge in [0.2, 0.25) is 5.91 Å². The van der Waals surface area contributed by atoms with Crippen LogP contribution < -0.4 is 10.5 Å². The standard InChI is InChI=1S/C21H27NO2/c22-20(23)17-3-4-19(18(8-17)16-1-2-16)24-12-21-9-13-5-14(10-21)7-15(6-13)11-21/h3-4,8,13-16H,1-2,5-7,9-12H2,(H2,22,23). The van der Waals surface area contributed by atoms with Crippen LogP contribution in [-0.4, -0.2) is 12.5 Å². The molecule has 0 atom stereocenters. The number of benzene rings is 1. The zero-order chi connectivity index (χ0) is 16.3. The number of hydrogen-bond donors (Lipinski definition) is 1. The molecule has 5 aliphatic rings. The van der Waals surface area contributed by atoms with Gasteiger partial charge in [0, 0.05) is 11.0 Å². The van der Waals surface area contributed by atoms with Gasteiger partial charge in [-0.1, -0.05) is 0 Å². The molecule has 0 radical (unpaired) electrons. The third-order valence-corrected chi connectivity index (χ3v) is 7.01. The number of ether oxygens (including phenoxy) is 1. The fraction of sp³-hybridized carbons (Fsp3) is 0.667. The molecule has 3 nitrogen and oxygen atoms in total. The van der Waals surface area contributed by atoms with Crippen LogP contribution in [0.2, 0.25) is 0 Å². The minimum absolute atomic E-state index is 0.343. The van der Waals surface area contributed by atoms with Gasteiger partial charge in [-0.2, -0.15) is 0 Å². The summed E-state index contributed by atoms with van der Waals surface area (Å²) in [7, 11) is 0. The Morgan fingerprint density at radius 3 is 2.25 bits per heavy atom. The van der Waals surface area contributed by atoms with Gasteiger partial charge in [0.1, 0.15) is 5.75 Å². The van der Waals surface area contributed by atoms with E-state index in [-0.39, 0.29) is 5.91 Å². The van der Waals surface area contributed by atoms with Gasteiger partial charge >= 0.3 is 0 Å². The van der Waals surface area contributed by atoms with E-state index < -0.39 is 0 Å². The van der Waals surface area contributed by atoms with Gasteiger partial charge in [0.15, 0.2) is 0 Å². The number of rotatable bonds is 5. The molecule has 3 heteroatoms. The Morgan fingerprint density at radius 2 is 1.71 bits per heavy atom. The number of amides is 1. The highest BCUT2D eigenvalue weighted by molar-refractivity contribution is 5.93. The first-order valence-electron chi connectivity index (χ1n) is 9.67. The molecule has 1 amide bonds. The van der Waals surface area contributed by atoms with E-state index >= 15 is 0 Å². The minimum atomic E-state index is -0.343. The average Bonchev–Trinajstić information content (AvgIpc) is 3.36. The van der Waals surface area contributed by atoms with Crippen LogP contribution >= 0.6 is 0 Å². The van der Waals surface area contributed by atoms with Crippen molar-refractivity contribution in [1.82, 2.24) is 0 Å². The Balaban J connectivity index is 1.36. The molecular weight excluding hydrogens is 298 g/mol. The van der Waals surface area contributed by atoms with Gasteiger partial charge in [0.25, 0.3) is 0 Å². The molecule has 5 aliphatic carbocycles. The molecule has 0 saturated heterocycles. The third kappa shape index (κ3) is 2.53. The molecule has 0 aromatic heterocycles. The second kappa shape index (κ2) is 5.24. The van der Waals surface area contributed by atoms with Crippen LogP contribution in [0.1, 0.15) is 73.2 Å². The summed E-state index contributed by atoms with van der Waals surface area (Å²) in [6, 6.07) is 5.77. The Hall–Kier alpha value is -1.51. The largest absolute Gasteiger partial charge is 0.493 e. The fourth-order valence-electron chi connectivity index (χ4n) is 6.24. The molecule has 0 heterocycles. The number of carbonyl (C=O) groups excluding carboxylic acids is 1. The molecule has 0 unspecified atom stereocenters. The maximum absolute atomic E-state index is 11.5. The maximum Gasteiger partial charge on any atom is 0.248 e. The van der Waals surface area contributed by atoms with Crippen molar-refractivity contribution >= 4 is 5.91 Å². The quantitative estimate of drug-likeness (QED) is 0.879. The van der Waals surface area contributed by atoms with Crippen molar-refractivity contribution in [3.8, 4) is 5.75 Å². The van der Waals surface area contributed by atoms with Crippen LogP contribution in [0.4, 0.5) is 0 Å². The van der Waals surface area contributed by atoms with Gasteiger partial charge in [-0.3, -0.25) is 4.79 Å². The number of nitrogens with two attached hydrogens (primary N) is 1. The predicted molar refractivity (Wildman–Crippen MR) is 93.0 cm³/mol. The fourth-order valence-corrected chi connectivity index (χ4v) is 6.24. The zero-order valence-electron chi connectivity index (χ0n) is 14.3. The zero-order valence-corrected chi connectivity index (χ0v) is 14.3. The molecule has 0 aliphatic heterocycles. The molecule has 5 fully saturated rings. The molecule has 24 heavy (non-hydrogen) atoms. The van der Waals surface area contributed by atoms with Crippen LogP contribution in [-0.2, 0) is 0 Å². The molecule has 1 aromatic carbocycles. The summed E-state index contributed by atoms with van der Waals surface area (Å²) in [5, 5.41) is 0. The van der Waals surface area contributed by atoms with Crippen LogP contribution in [0.5, 0.6) is 5.75 Å². The summed E-state index contributed by atoms with van der Waals surface area (Å²) in [5.41, 5.74) is 7.69. The van der Waals surface area contributed by atoms with E-state index in [9.17, 15) is 4.79 Å². The van der Waals surface area contributed by atoms with Crippen molar-refractivity contribution in [3.63, 3.8) is 0 Å². The van der Waals surface area contributed by atoms with Crippen LogP contribution in [0.25, 0.3) is 0 Å². The van der Waals surface area contributed by atoms with E-state index in [4.69, 9.17) is 10.5 Å². The maximum atomic E-state index is 11.5. The third-order valence-electron chi connectivity index (χ3n) is 7.01. The average molecular weight is 325 g/mol. The van der Waals surface area contributed by atoms with E-state index in [1.54, 1.807) is 0 Å². The van der Waals surface area contributed by atoms with Gasteiger partial charge in [0.05, 0.1) is 6.61 Å². The molecule has 1 aromatic rings. The highest BCUT2D eigenvalue weighted by Crippen LogP contribution is 2.60. The van der Waals surface area contributed by atoms with Crippen molar-refractivity contribution in [2.75, 3.05) is 6.61 Å². The number of hydrogen-bond acceptors (Lipinski definition) is 2. The lowest BCUT2D eigenvalue weighted by Crippen LogP contribution is -2.48. The lowest BCUT2D eigenvalue weighted by molar-refractivity contribution is -0.0746. The second-order valence-electron chi connectivity index (χ2n) is 9.10. The Labute approximate surface area is 143 Å². The van der Waals surface area contributed by atoms with Gasteiger partial charge in [-0.05, 0) is 98.8 Å². The smallest absolute Gasteiger partial charge is 0.248 e. The van der Waals surface area contributed by atoms with Crippen LogP contribution in [0.15, 0.2) is 18.2 Å². The Bertz CT molecular complexity index is 641. The van der Waals surface area contributed by atoms with Gasteiger partial charge in [-0.15, -0.1) is 0 Å². The molecule has 6 rings (SSSR count). The first-order valence-corrected chi connectivity index (χ1v) is 9.67. The van der Waals surface area contributed by atoms with E-state index in [1.807, 2.05) is 18.2 Å². The lowest BCUT2D eigenvalue weighted by Gasteiger charge is -2.56. The number of primary amides is 1. The van der Waals surface area contributed by atoms with Crippen molar-refractivity contribution in [1.29, 1.82) is 0 Å². The van der Waals surface area contributed by atoms with E-state index in [2.05, 4.69) is 0 Å². The van der Waals surface area contributed by atoms with Gasteiger partial charge in [-0.25, -0.2) is 0 Å². The number of carbonyl (C=O) groups is 1. The topological polar surface area (TPSA) is 52.3 Å². The first-order chi connectivity index (χ1) is 11.6. The summed E-state index contributed by atoms with van der Waals surface area (Å²) < 4.78 is 6.41. The Kier molecular flexibility index (Phi) is 3.23. The summed E-state index contributed by atoms with van der Waals surface area (Å²) in [6.07, 6.45) is 10.9. The second-order valence-corrected chi connectivity index (χ2v) is 9.10. The molecule has 5 saturated carbocycles. The van der Waals surface area contributed by atoms with E-state index in [1.165, 1.54) is 56.9 Å². The van der Waals surface area contributed by atoms with E-state index in [0.717, 1.165) is 30.1 Å². The SMILES string of the molecule is NC(=O)c1ccc(OCC23CC4CC(CC(C4)C2)C3)c(C2CC2)c1. The molecule has 128 valence electrons. The molecule has 4 bridgehead atoms. The Morgan fingerprint density at radius 1 is 1.08 bits per heavy atom. The normalized spacial score (nSPS) is 36.8. The molecule has 0 spiro atoms. The van der Waals surface area contributed by atoms with E-state index in [0.29, 0.717) is 16.9 Å². The highest BCUT2D eigenvalue weighted by Gasteiger charge is 2.51. The van der Waals surface area contributed by atoms with Crippen molar-refractivity contribution in [2.24, 2.45) is 28.9 Å². The van der Waals surface area contributed by atoms with Crippen LogP contribution in [0.3, 0.4) is 0 Å². The van der Waals surface area contributed by atoms with Crippen molar-refractivity contribution < 1.29 is 9.53 Å². The minimum Gasteiger partial charge on any atom is -0.493 e. The highest BCUT2D eigenvalue weighted by atomic mass is 16.5. The summed E-state index contributed by atoms with van der Waals surface area (Å²) in [4.78, 5) is 11.5.